The average Bonchev–Trinajstić information content (AvgIpc) is 1.61. The van der Waals surface area contributed by atoms with Gasteiger partial charge < -0.3 is 49.0 Å². The highest BCUT2D eigenvalue weighted by atomic mass is 15.4. The van der Waals surface area contributed by atoms with Crippen LogP contribution in [0.1, 0.15) is 113 Å². The fraction of sp³-hybridized carbons (Fsp3) is 0.237. The Balaban J connectivity index is 0.000000120. The molecule has 0 fully saturated rings. The lowest BCUT2D eigenvalue weighted by Crippen LogP contribution is -2.36. The number of hydrogen-bond acceptors (Lipinski definition) is 10. The Morgan fingerprint density at radius 1 is 0.224 bits per heavy atom. The molecule has 5 heterocycles. The summed E-state index contributed by atoms with van der Waals surface area (Å²) in [6.07, 6.45) is 5.67. The van der Waals surface area contributed by atoms with Crippen molar-refractivity contribution in [3.8, 4) is 0 Å². The van der Waals surface area contributed by atoms with Crippen molar-refractivity contribution in [1.29, 1.82) is 0 Å². The summed E-state index contributed by atoms with van der Waals surface area (Å²) in [5, 5.41) is 0. The number of aryl methyl sites for hydroxylation is 5. The van der Waals surface area contributed by atoms with E-state index in [2.05, 4.69) is 470 Å². The summed E-state index contributed by atoms with van der Waals surface area (Å²) >= 11 is 0. The zero-order chi connectivity index (χ0) is 75.2. The summed E-state index contributed by atoms with van der Waals surface area (Å²) in [6, 6.07) is 106. The number of anilines is 16. The number of nitrogens with zero attached hydrogens (tertiary/aromatic N) is 10. The van der Waals surface area contributed by atoms with E-state index in [4.69, 9.17) is 0 Å². The normalized spacial score (nSPS) is 17.2. The van der Waals surface area contributed by atoms with Crippen LogP contribution in [0.25, 0.3) is 0 Å². The molecule has 10 nitrogen and oxygen atoms in total. The lowest BCUT2D eigenvalue weighted by molar-refractivity contribution is 0.383. The Kier molecular flexibility index (Phi) is 22.3. The van der Waals surface area contributed by atoms with Crippen molar-refractivity contribution in [2.75, 3.05) is 58.2 Å². The van der Waals surface area contributed by atoms with Crippen molar-refractivity contribution in [3.05, 3.63) is 349 Å². The molecule has 0 aliphatic carbocycles. The van der Waals surface area contributed by atoms with Gasteiger partial charge >= 0.3 is 0 Å². The number of hydrogen-bond donors (Lipinski definition) is 0. The molecule has 0 N–H and O–H groups in total. The Hall–Kier alpha value is -11.6. The number of benzene rings is 12. The quantitative estimate of drug-likeness (QED) is 0.132. The van der Waals surface area contributed by atoms with Gasteiger partial charge in [-0.1, -0.05) is 222 Å². The molecule has 544 valence electrons. The molecule has 5 atom stereocenters. The second-order valence-corrected chi connectivity index (χ2v) is 29.4. The summed E-state index contributed by atoms with van der Waals surface area (Å²) in [6.45, 7) is 31.4. The fourth-order valence-corrected chi connectivity index (χ4v) is 16.1. The molecule has 0 saturated heterocycles. The van der Waals surface area contributed by atoms with Gasteiger partial charge in [0, 0.05) is 66.3 Å². The van der Waals surface area contributed by atoms with Crippen molar-refractivity contribution < 1.29 is 0 Å². The predicted octanol–water partition coefficient (Wildman–Crippen LogP) is 25.6. The Labute approximate surface area is 638 Å². The van der Waals surface area contributed by atoms with Crippen molar-refractivity contribution in [3.63, 3.8) is 0 Å². The highest BCUT2D eigenvalue weighted by molar-refractivity contribution is 5.93. The first kappa shape index (κ1) is 73.7. The van der Waals surface area contributed by atoms with E-state index in [1.54, 1.807) is 0 Å². The van der Waals surface area contributed by atoms with E-state index in [9.17, 15) is 0 Å². The third kappa shape index (κ3) is 14.7. The molecule has 107 heavy (non-hydrogen) atoms. The van der Waals surface area contributed by atoms with Crippen LogP contribution in [-0.2, 0) is 0 Å². The molecule has 5 unspecified atom stereocenters. The second-order valence-electron chi connectivity index (χ2n) is 29.4. The van der Waals surface area contributed by atoms with Gasteiger partial charge in [0.1, 0.15) is 30.8 Å². The van der Waals surface area contributed by atoms with Crippen molar-refractivity contribution in [2.45, 2.75) is 140 Å². The van der Waals surface area contributed by atoms with Gasteiger partial charge in [-0.25, -0.2) is 0 Å². The molecule has 0 amide bonds. The second kappa shape index (κ2) is 32.4. The fourth-order valence-electron chi connectivity index (χ4n) is 16.1. The first-order valence-corrected chi connectivity index (χ1v) is 38.2. The molecular weight excluding hydrogens is 1310 g/mol. The average molecular weight is 1410 g/mol. The lowest BCUT2D eigenvalue weighted by Gasteiger charge is -2.35. The summed E-state index contributed by atoms with van der Waals surface area (Å²) < 4.78 is 0. The summed E-state index contributed by atoms with van der Waals surface area (Å²) in [5.74, 6) is 0.936. The lowest BCUT2D eigenvalue weighted by atomic mass is 9.91. The van der Waals surface area contributed by atoms with Crippen LogP contribution in [0.4, 0.5) is 91.0 Å². The zero-order valence-electron chi connectivity index (χ0n) is 65.5. The van der Waals surface area contributed by atoms with E-state index in [0.29, 0.717) is 24.2 Å². The van der Waals surface area contributed by atoms with Crippen LogP contribution in [0.5, 0.6) is 0 Å². The molecule has 0 spiro atoms. The molecule has 17 rings (SSSR count). The maximum absolute atomic E-state index is 2.56. The standard InChI is InChI=1S/C27H32N2.2C21H20N2.C16H18N2.C12H16N2/c1-18(2)22-13-11-14-23(19(3)4)27(22)29-21(6)28(24-15-8-7-12-20(24)5)25-16-9-10-17-26(25)29;2*1-16-10-6-7-13-19(16)23-17(2)22(18-11-4-3-5-12-18)20-14-8-9-15-21(20)23;1-12-8-4-5-9-14(12)18-13(2)17(3)15-10-6-7-11-16(15)18;1-10-6-4-5-7-12(10)14-9-8-13(3)11(14)2/h7-19,21H,1-6H3;2*3-15,17H,1-2H3;4-11,13H,1-3H3;4-9,11H,1-3H3. The SMILES string of the molecule is Cc1ccccc1N1C=CN(C)C1C.Cc1ccccc1N1c2ccccc2N(C)C1C.Cc1ccccc1N1c2ccccc2N(c2c(C(C)C)cccc2C(C)C)C1C.Cc1ccccc1N1c2ccccc2N(c2ccccc2)C1C.Cc1ccccc1N1c2ccccc2N(c2ccccc2)C1C. The van der Waals surface area contributed by atoms with Gasteiger partial charge in [-0.3, -0.25) is 0 Å². The van der Waals surface area contributed by atoms with E-state index >= 15 is 0 Å². The molecule has 12 aromatic rings. The van der Waals surface area contributed by atoms with E-state index < -0.39 is 0 Å². The van der Waals surface area contributed by atoms with Gasteiger partial charge in [-0.2, -0.15) is 0 Å². The molecule has 12 aromatic carbocycles. The van der Waals surface area contributed by atoms with Crippen LogP contribution in [0.15, 0.2) is 310 Å². The van der Waals surface area contributed by atoms with E-state index in [-0.39, 0.29) is 18.5 Å². The van der Waals surface area contributed by atoms with Crippen molar-refractivity contribution in [1.82, 2.24) is 4.90 Å². The van der Waals surface area contributed by atoms with Crippen LogP contribution in [-0.4, -0.2) is 49.8 Å². The van der Waals surface area contributed by atoms with Gasteiger partial charge in [0.2, 0.25) is 0 Å². The molecular formula is C97H106N10. The van der Waals surface area contributed by atoms with Crippen LogP contribution < -0.4 is 44.1 Å². The first-order valence-electron chi connectivity index (χ1n) is 38.2. The highest BCUT2D eigenvalue weighted by Crippen LogP contribution is 2.53. The highest BCUT2D eigenvalue weighted by Gasteiger charge is 2.40. The number of fused-ring (bicyclic) bond motifs is 4. The first-order chi connectivity index (χ1) is 51.9. The Bertz CT molecular complexity index is 4860. The van der Waals surface area contributed by atoms with Crippen molar-refractivity contribution >= 4 is 91.0 Å². The monoisotopic (exact) mass is 1410 g/mol. The summed E-state index contributed by atoms with van der Waals surface area (Å²) in [5.41, 5.74) is 29.8. The minimum absolute atomic E-state index is 0.200. The summed E-state index contributed by atoms with van der Waals surface area (Å²) in [4.78, 5) is 23.9. The predicted molar refractivity (Wildman–Crippen MR) is 459 cm³/mol. The summed E-state index contributed by atoms with van der Waals surface area (Å²) in [7, 11) is 4.25. The van der Waals surface area contributed by atoms with Gasteiger partial charge in [0.05, 0.1) is 51.2 Å². The molecule has 0 radical (unpaired) electrons. The minimum atomic E-state index is 0.200. The number of para-hydroxylation sites is 16. The molecule has 5 aliphatic rings. The third-order valence-corrected chi connectivity index (χ3v) is 21.9. The molecule has 0 bridgehead atoms. The maximum Gasteiger partial charge on any atom is 0.108 e. The molecule has 5 aliphatic heterocycles. The van der Waals surface area contributed by atoms with Gasteiger partial charge in [-0.05, 0) is 223 Å². The maximum atomic E-state index is 2.56. The molecule has 0 aromatic heterocycles. The third-order valence-electron chi connectivity index (χ3n) is 21.9. The van der Waals surface area contributed by atoms with E-state index in [1.807, 2.05) is 0 Å². The van der Waals surface area contributed by atoms with Crippen LogP contribution in [0.2, 0.25) is 0 Å². The van der Waals surface area contributed by atoms with Gasteiger partial charge in [-0.15, -0.1) is 0 Å². The van der Waals surface area contributed by atoms with Crippen molar-refractivity contribution in [2.24, 2.45) is 0 Å². The van der Waals surface area contributed by atoms with E-state index in [1.165, 1.54) is 130 Å². The van der Waals surface area contributed by atoms with Crippen LogP contribution in [0.3, 0.4) is 0 Å². The minimum Gasteiger partial charge on any atom is -0.359 e. The Morgan fingerprint density at radius 3 is 0.785 bits per heavy atom. The largest absolute Gasteiger partial charge is 0.359 e. The van der Waals surface area contributed by atoms with Gasteiger partial charge in [0.25, 0.3) is 0 Å². The zero-order valence-corrected chi connectivity index (χ0v) is 65.5. The number of rotatable bonds is 10. The van der Waals surface area contributed by atoms with Crippen LogP contribution in [0, 0.1) is 34.6 Å². The van der Waals surface area contributed by atoms with Crippen LogP contribution >= 0.6 is 0 Å². The Morgan fingerprint density at radius 2 is 0.477 bits per heavy atom. The molecule has 10 heteroatoms. The molecule has 0 saturated carbocycles. The topological polar surface area (TPSA) is 32.4 Å². The van der Waals surface area contributed by atoms with Gasteiger partial charge in [0.15, 0.2) is 0 Å². The van der Waals surface area contributed by atoms with E-state index in [0.717, 1.165) is 0 Å². The smallest absolute Gasteiger partial charge is 0.108 e.